The first-order chi connectivity index (χ1) is 9.40. The molecule has 0 heterocycles. The van der Waals surface area contributed by atoms with Gasteiger partial charge in [0.15, 0.2) is 0 Å². The van der Waals surface area contributed by atoms with Crippen LogP contribution in [0.2, 0.25) is 0 Å². The number of carbonyl (C=O) groups is 1. The number of hydrogen-bond donors (Lipinski definition) is 2. The van der Waals surface area contributed by atoms with E-state index in [1.165, 1.54) is 6.92 Å². The van der Waals surface area contributed by atoms with Crippen molar-refractivity contribution in [1.82, 2.24) is 10.2 Å². The first-order valence-corrected chi connectivity index (χ1v) is 7.13. The molecule has 0 bridgehead atoms. The van der Waals surface area contributed by atoms with Gasteiger partial charge < -0.3 is 15.5 Å². The van der Waals surface area contributed by atoms with Gasteiger partial charge in [-0.25, -0.2) is 0 Å². The third-order valence-electron chi connectivity index (χ3n) is 3.25. The van der Waals surface area contributed by atoms with E-state index in [0.29, 0.717) is 12.0 Å². The Morgan fingerprint density at radius 2 is 1.90 bits per heavy atom. The molecule has 4 heteroatoms. The molecule has 0 aliphatic carbocycles. The summed E-state index contributed by atoms with van der Waals surface area (Å²) >= 11 is 0. The third-order valence-corrected chi connectivity index (χ3v) is 3.25. The van der Waals surface area contributed by atoms with Crippen LogP contribution < -0.4 is 10.6 Å². The summed E-state index contributed by atoms with van der Waals surface area (Å²) in [6.07, 6.45) is 0. The van der Waals surface area contributed by atoms with Crippen LogP contribution in [-0.4, -0.2) is 37.5 Å². The summed E-state index contributed by atoms with van der Waals surface area (Å²) < 4.78 is 0. The Morgan fingerprint density at radius 3 is 2.45 bits per heavy atom. The van der Waals surface area contributed by atoms with Gasteiger partial charge in [-0.3, -0.25) is 4.79 Å². The fraction of sp³-hybridized carbons (Fsp3) is 0.562. The highest BCUT2D eigenvalue weighted by atomic mass is 16.1. The molecule has 112 valence electrons. The molecule has 0 spiro atoms. The predicted octanol–water partition coefficient (Wildman–Crippen LogP) is 2.32. The number of para-hydroxylation sites is 1. The first kappa shape index (κ1) is 16.7. The molecule has 1 rings (SSSR count). The average molecular weight is 277 g/mol. The van der Waals surface area contributed by atoms with Crippen molar-refractivity contribution in [2.24, 2.45) is 5.92 Å². The summed E-state index contributed by atoms with van der Waals surface area (Å²) in [4.78, 5) is 13.4. The van der Waals surface area contributed by atoms with Gasteiger partial charge in [-0.05, 0) is 31.6 Å². The molecule has 0 saturated carbocycles. The lowest BCUT2D eigenvalue weighted by atomic mass is 10.0. The zero-order chi connectivity index (χ0) is 15.1. The summed E-state index contributed by atoms with van der Waals surface area (Å²) in [5.41, 5.74) is 2.01. The first-order valence-electron chi connectivity index (χ1n) is 7.13. The number of anilines is 1. The van der Waals surface area contributed by atoms with Crippen LogP contribution in [0.1, 0.15) is 26.3 Å². The van der Waals surface area contributed by atoms with E-state index in [9.17, 15) is 4.79 Å². The van der Waals surface area contributed by atoms with Crippen LogP contribution >= 0.6 is 0 Å². The van der Waals surface area contributed by atoms with Gasteiger partial charge in [0.1, 0.15) is 0 Å². The van der Waals surface area contributed by atoms with E-state index < -0.39 is 0 Å². The van der Waals surface area contributed by atoms with Gasteiger partial charge in [-0.15, -0.1) is 0 Å². The Bertz CT molecular complexity index is 429. The zero-order valence-electron chi connectivity index (χ0n) is 13.2. The maximum Gasteiger partial charge on any atom is 0.221 e. The lowest BCUT2D eigenvalue weighted by Gasteiger charge is -2.26. The molecule has 1 atom stereocenters. The van der Waals surface area contributed by atoms with Gasteiger partial charge in [0.05, 0.1) is 0 Å². The molecule has 1 aromatic carbocycles. The van der Waals surface area contributed by atoms with Crippen LogP contribution in [0.3, 0.4) is 0 Å². The van der Waals surface area contributed by atoms with Gasteiger partial charge in [-0.1, -0.05) is 32.0 Å². The normalized spacial score (nSPS) is 12.8. The summed E-state index contributed by atoms with van der Waals surface area (Å²) in [6, 6.07) is 8.35. The van der Waals surface area contributed by atoms with Crippen molar-refractivity contribution in [1.29, 1.82) is 0 Å². The van der Waals surface area contributed by atoms with Crippen LogP contribution in [0.5, 0.6) is 0 Å². The van der Waals surface area contributed by atoms with Crippen molar-refractivity contribution in [3.8, 4) is 0 Å². The van der Waals surface area contributed by atoms with E-state index in [1.807, 2.05) is 24.3 Å². The van der Waals surface area contributed by atoms with Crippen molar-refractivity contribution in [3.63, 3.8) is 0 Å². The van der Waals surface area contributed by atoms with Crippen molar-refractivity contribution in [3.05, 3.63) is 29.8 Å². The molecule has 1 unspecified atom stereocenters. The lowest BCUT2D eigenvalue weighted by molar-refractivity contribution is -0.114. The molecular weight excluding hydrogens is 250 g/mol. The van der Waals surface area contributed by atoms with Crippen LogP contribution in [-0.2, 0) is 11.3 Å². The number of rotatable bonds is 7. The second-order valence-corrected chi connectivity index (χ2v) is 5.83. The minimum absolute atomic E-state index is 0.0360. The highest BCUT2D eigenvalue weighted by molar-refractivity contribution is 5.89. The van der Waals surface area contributed by atoms with Gasteiger partial charge in [0.25, 0.3) is 0 Å². The number of benzene rings is 1. The van der Waals surface area contributed by atoms with Crippen molar-refractivity contribution < 1.29 is 4.79 Å². The maximum atomic E-state index is 11.2. The van der Waals surface area contributed by atoms with E-state index in [2.05, 4.69) is 43.5 Å². The highest BCUT2D eigenvalue weighted by Crippen LogP contribution is 2.15. The number of likely N-dealkylation sites (N-methyl/N-ethyl adjacent to an activating group) is 1. The fourth-order valence-electron chi connectivity index (χ4n) is 2.13. The second kappa shape index (κ2) is 8.02. The smallest absolute Gasteiger partial charge is 0.221 e. The zero-order valence-corrected chi connectivity index (χ0v) is 13.2. The number of nitrogens with zero attached hydrogens (tertiary/aromatic N) is 1. The standard InChI is InChI=1S/C16H27N3O/c1-12(2)16(11-19(4)5)17-10-14-8-6-7-9-15(14)18-13(3)20/h6-9,12,16-17H,10-11H2,1-5H3,(H,18,20). The number of hydrogen-bond acceptors (Lipinski definition) is 3. The van der Waals surface area contributed by atoms with Gasteiger partial charge >= 0.3 is 0 Å². The summed E-state index contributed by atoms with van der Waals surface area (Å²) in [6.45, 7) is 7.74. The molecule has 0 radical (unpaired) electrons. The molecule has 0 aliphatic heterocycles. The minimum Gasteiger partial charge on any atom is -0.326 e. The van der Waals surface area contributed by atoms with Crippen LogP contribution in [0.4, 0.5) is 5.69 Å². The molecule has 0 saturated heterocycles. The van der Waals surface area contributed by atoms with Gasteiger partial charge in [0, 0.05) is 31.7 Å². The molecule has 0 aromatic heterocycles. The Hall–Kier alpha value is -1.39. The van der Waals surface area contributed by atoms with Gasteiger partial charge in [0.2, 0.25) is 5.91 Å². The Labute approximate surface area is 122 Å². The molecule has 1 amide bonds. The van der Waals surface area contributed by atoms with E-state index in [4.69, 9.17) is 0 Å². The van der Waals surface area contributed by atoms with Crippen molar-refractivity contribution in [2.45, 2.75) is 33.4 Å². The van der Waals surface area contributed by atoms with E-state index >= 15 is 0 Å². The summed E-state index contributed by atoms with van der Waals surface area (Å²) in [5, 5.41) is 6.47. The topological polar surface area (TPSA) is 44.4 Å². The predicted molar refractivity (Wildman–Crippen MR) is 84.8 cm³/mol. The van der Waals surface area contributed by atoms with E-state index in [1.54, 1.807) is 0 Å². The average Bonchev–Trinajstić information content (AvgIpc) is 2.34. The summed E-state index contributed by atoms with van der Waals surface area (Å²) in [7, 11) is 4.17. The van der Waals surface area contributed by atoms with Crippen molar-refractivity contribution in [2.75, 3.05) is 26.0 Å². The maximum absolute atomic E-state index is 11.2. The van der Waals surface area contributed by atoms with Gasteiger partial charge in [-0.2, -0.15) is 0 Å². The monoisotopic (exact) mass is 277 g/mol. The summed E-state index contributed by atoms with van der Waals surface area (Å²) in [5.74, 6) is 0.525. The Morgan fingerprint density at radius 1 is 1.25 bits per heavy atom. The molecule has 0 fully saturated rings. The number of nitrogens with one attached hydrogen (secondary N) is 2. The lowest BCUT2D eigenvalue weighted by Crippen LogP contribution is -2.41. The second-order valence-electron chi connectivity index (χ2n) is 5.83. The quantitative estimate of drug-likeness (QED) is 0.804. The highest BCUT2D eigenvalue weighted by Gasteiger charge is 2.14. The van der Waals surface area contributed by atoms with E-state index in [0.717, 1.165) is 24.3 Å². The largest absolute Gasteiger partial charge is 0.326 e. The molecule has 1 aromatic rings. The molecular formula is C16H27N3O. The SMILES string of the molecule is CC(=O)Nc1ccccc1CNC(CN(C)C)C(C)C. The molecule has 2 N–H and O–H groups in total. The Balaban J connectivity index is 2.70. The molecule has 4 nitrogen and oxygen atoms in total. The van der Waals surface area contributed by atoms with E-state index in [-0.39, 0.29) is 5.91 Å². The Kier molecular flexibility index (Phi) is 6.68. The molecule has 0 aliphatic rings. The number of amides is 1. The molecule has 20 heavy (non-hydrogen) atoms. The number of carbonyl (C=O) groups excluding carboxylic acids is 1. The van der Waals surface area contributed by atoms with Crippen LogP contribution in [0.25, 0.3) is 0 Å². The minimum atomic E-state index is -0.0360. The third kappa shape index (κ3) is 5.72. The van der Waals surface area contributed by atoms with Crippen LogP contribution in [0, 0.1) is 5.92 Å². The van der Waals surface area contributed by atoms with Crippen LogP contribution in [0.15, 0.2) is 24.3 Å². The van der Waals surface area contributed by atoms with Crippen molar-refractivity contribution >= 4 is 11.6 Å². The fourth-order valence-corrected chi connectivity index (χ4v) is 2.13.